The Hall–Kier alpha value is 0.160. The Morgan fingerprint density at radius 2 is 1.85 bits per heavy atom. The maximum absolute atomic E-state index is 11.4. The van der Waals surface area contributed by atoms with Crippen molar-refractivity contribution >= 4 is 21.8 Å². The van der Waals surface area contributed by atoms with Gasteiger partial charge in [0.25, 0.3) is 10.2 Å². The Morgan fingerprint density at radius 3 is 2.15 bits per heavy atom. The lowest BCUT2D eigenvalue weighted by molar-refractivity contribution is 0.417. The number of hydrogen-bond acceptors (Lipinski definition) is 2. The molecule has 0 rings (SSSR count). The van der Waals surface area contributed by atoms with Gasteiger partial charge in [0.2, 0.25) is 0 Å². The zero-order valence-electron chi connectivity index (χ0n) is 8.46. The summed E-state index contributed by atoms with van der Waals surface area (Å²) in [5, 5.41) is 0. The molecular weight excluding hydrogens is 212 g/mol. The Bertz CT molecular complexity index is 249. The summed E-state index contributed by atoms with van der Waals surface area (Å²) in [4.78, 5) is 0. The molecule has 0 radical (unpaired) electrons. The van der Waals surface area contributed by atoms with Crippen LogP contribution in [0.2, 0.25) is 0 Å². The van der Waals surface area contributed by atoms with Gasteiger partial charge in [0.15, 0.2) is 0 Å². The first-order valence-electron chi connectivity index (χ1n) is 3.99. The second-order valence-electron chi connectivity index (χ2n) is 3.71. The molecule has 0 spiro atoms. The molecule has 0 aromatic carbocycles. The molecule has 0 aromatic rings. The zero-order chi connectivity index (χ0) is 10.7. The predicted octanol–water partition coefficient (Wildman–Crippen LogP) is 0.790. The normalized spacial score (nSPS) is 13.7. The third-order valence-corrected chi connectivity index (χ3v) is 3.57. The quantitative estimate of drug-likeness (QED) is 0.708. The molecular formula is C7H17ClN2O2S. The summed E-state index contributed by atoms with van der Waals surface area (Å²) < 4.78 is 26.5. The van der Waals surface area contributed by atoms with Gasteiger partial charge in [0.1, 0.15) is 0 Å². The summed E-state index contributed by atoms with van der Waals surface area (Å²) >= 11 is 5.55. The fraction of sp³-hybridized carbons (Fsp3) is 1.00. The van der Waals surface area contributed by atoms with E-state index < -0.39 is 15.7 Å². The van der Waals surface area contributed by atoms with Gasteiger partial charge in [-0.1, -0.05) is 0 Å². The molecule has 0 fully saturated rings. The van der Waals surface area contributed by atoms with Crippen LogP contribution in [0.3, 0.4) is 0 Å². The van der Waals surface area contributed by atoms with Crippen LogP contribution >= 0.6 is 11.6 Å². The van der Waals surface area contributed by atoms with E-state index in [0.29, 0.717) is 12.3 Å². The SMILES string of the molecule is CN(C)S(=O)(=O)NC(C)(C)CCCl. The minimum atomic E-state index is -3.35. The molecule has 0 aliphatic heterocycles. The molecule has 13 heavy (non-hydrogen) atoms. The largest absolute Gasteiger partial charge is 0.279 e. The summed E-state index contributed by atoms with van der Waals surface area (Å²) in [6, 6.07) is 0. The van der Waals surface area contributed by atoms with Crippen LogP contribution in [0.1, 0.15) is 20.3 Å². The van der Waals surface area contributed by atoms with Gasteiger partial charge in [0, 0.05) is 25.5 Å². The van der Waals surface area contributed by atoms with Crippen LogP contribution in [0.15, 0.2) is 0 Å². The average molecular weight is 229 g/mol. The van der Waals surface area contributed by atoms with E-state index in [-0.39, 0.29) is 0 Å². The molecule has 0 bridgehead atoms. The molecule has 0 heterocycles. The summed E-state index contributed by atoms with van der Waals surface area (Å²) in [6.07, 6.45) is 0.599. The highest BCUT2D eigenvalue weighted by Crippen LogP contribution is 2.11. The fourth-order valence-electron chi connectivity index (χ4n) is 0.728. The van der Waals surface area contributed by atoms with Crippen LogP contribution in [0, 0.1) is 0 Å². The van der Waals surface area contributed by atoms with Crippen molar-refractivity contribution in [1.82, 2.24) is 9.03 Å². The van der Waals surface area contributed by atoms with Crippen LogP contribution in [0.5, 0.6) is 0 Å². The van der Waals surface area contributed by atoms with Crippen molar-refractivity contribution in [3.63, 3.8) is 0 Å². The highest BCUT2D eigenvalue weighted by Gasteiger charge is 2.25. The van der Waals surface area contributed by atoms with Gasteiger partial charge in [-0.2, -0.15) is 17.4 Å². The van der Waals surface area contributed by atoms with E-state index in [1.165, 1.54) is 14.1 Å². The molecule has 0 atom stereocenters. The van der Waals surface area contributed by atoms with Gasteiger partial charge in [-0.3, -0.25) is 0 Å². The standard InChI is InChI=1S/C7H17ClN2O2S/c1-7(2,5-6-8)9-13(11,12)10(3)4/h9H,5-6H2,1-4H3. The molecule has 0 unspecified atom stereocenters. The number of nitrogens with one attached hydrogen (secondary N) is 1. The molecule has 0 aliphatic carbocycles. The van der Waals surface area contributed by atoms with Crippen molar-refractivity contribution in [2.24, 2.45) is 0 Å². The van der Waals surface area contributed by atoms with Crippen LogP contribution in [-0.4, -0.2) is 38.2 Å². The third-order valence-electron chi connectivity index (χ3n) is 1.61. The minimum Gasteiger partial charge on any atom is -0.197 e. The third kappa shape index (κ3) is 4.81. The first-order valence-corrected chi connectivity index (χ1v) is 5.96. The number of nitrogens with zero attached hydrogens (tertiary/aromatic N) is 1. The lowest BCUT2D eigenvalue weighted by Crippen LogP contribution is -2.48. The summed E-state index contributed by atoms with van der Waals surface area (Å²) in [5.74, 6) is 0.433. The van der Waals surface area contributed by atoms with E-state index in [1.807, 2.05) is 0 Å². The van der Waals surface area contributed by atoms with Gasteiger partial charge in [-0.05, 0) is 20.3 Å². The lowest BCUT2D eigenvalue weighted by Gasteiger charge is -2.26. The second-order valence-corrected chi connectivity index (χ2v) is 5.97. The number of alkyl halides is 1. The summed E-state index contributed by atoms with van der Waals surface area (Å²) in [6.45, 7) is 3.60. The Labute approximate surface area is 85.4 Å². The van der Waals surface area contributed by atoms with Crippen molar-refractivity contribution in [2.45, 2.75) is 25.8 Å². The van der Waals surface area contributed by atoms with Crippen molar-refractivity contribution in [3.8, 4) is 0 Å². The van der Waals surface area contributed by atoms with Crippen LogP contribution in [0.4, 0.5) is 0 Å². The second kappa shape index (κ2) is 4.59. The molecule has 0 aromatic heterocycles. The summed E-state index contributed by atoms with van der Waals surface area (Å²) in [7, 11) is -0.383. The van der Waals surface area contributed by atoms with E-state index in [4.69, 9.17) is 11.6 Å². The maximum Gasteiger partial charge on any atom is 0.279 e. The minimum absolute atomic E-state index is 0.433. The molecule has 6 heteroatoms. The Morgan fingerprint density at radius 1 is 1.38 bits per heavy atom. The van der Waals surface area contributed by atoms with Crippen LogP contribution in [-0.2, 0) is 10.2 Å². The van der Waals surface area contributed by atoms with Crippen molar-refractivity contribution < 1.29 is 8.42 Å². The Kier molecular flexibility index (Phi) is 4.65. The fourth-order valence-corrected chi connectivity index (χ4v) is 2.18. The molecule has 1 N–H and O–H groups in total. The molecule has 0 saturated carbocycles. The van der Waals surface area contributed by atoms with Crippen molar-refractivity contribution in [3.05, 3.63) is 0 Å². The number of hydrogen-bond donors (Lipinski definition) is 1. The van der Waals surface area contributed by atoms with Gasteiger partial charge >= 0.3 is 0 Å². The monoisotopic (exact) mass is 228 g/mol. The van der Waals surface area contributed by atoms with Gasteiger partial charge in [-0.25, -0.2) is 0 Å². The lowest BCUT2D eigenvalue weighted by atomic mass is 10.0. The van der Waals surface area contributed by atoms with Crippen LogP contribution in [0.25, 0.3) is 0 Å². The molecule has 0 saturated heterocycles. The maximum atomic E-state index is 11.4. The van der Waals surface area contributed by atoms with E-state index in [1.54, 1.807) is 13.8 Å². The van der Waals surface area contributed by atoms with Gasteiger partial charge in [0.05, 0.1) is 0 Å². The van der Waals surface area contributed by atoms with Crippen molar-refractivity contribution in [1.29, 1.82) is 0 Å². The Balaban J connectivity index is 4.43. The smallest absolute Gasteiger partial charge is 0.197 e. The van der Waals surface area contributed by atoms with Crippen LogP contribution < -0.4 is 4.72 Å². The number of rotatable bonds is 5. The predicted molar refractivity (Wildman–Crippen MR) is 55.2 cm³/mol. The van der Waals surface area contributed by atoms with Gasteiger partial charge < -0.3 is 0 Å². The van der Waals surface area contributed by atoms with E-state index in [9.17, 15) is 8.42 Å². The van der Waals surface area contributed by atoms with Gasteiger partial charge in [-0.15, -0.1) is 11.6 Å². The topological polar surface area (TPSA) is 49.4 Å². The average Bonchev–Trinajstić information content (AvgIpc) is 1.83. The molecule has 0 aliphatic rings. The highest BCUT2D eigenvalue weighted by atomic mass is 35.5. The molecule has 0 amide bonds. The van der Waals surface area contributed by atoms with E-state index >= 15 is 0 Å². The number of halogens is 1. The van der Waals surface area contributed by atoms with E-state index in [0.717, 1.165) is 4.31 Å². The van der Waals surface area contributed by atoms with E-state index in [2.05, 4.69) is 4.72 Å². The first kappa shape index (κ1) is 13.2. The molecule has 4 nitrogen and oxygen atoms in total. The summed E-state index contributed by atoms with van der Waals surface area (Å²) in [5.41, 5.74) is -0.495. The zero-order valence-corrected chi connectivity index (χ0v) is 10.0. The molecule has 80 valence electrons. The highest BCUT2D eigenvalue weighted by molar-refractivity contribution is 7.87. The first-order chi connectivity index (χ1) is 5.71. The van der Waals surface area contributed by atoms with Crippen molar-refractivity contribution in [2.75, 3.05) is 20.0 Å².